The van der Waals surface area contributed by atoms with Crippen molar-refractivity contribution in [1.29, 1.82) is 0 Å². The van der Waals surface area contributed by atoms with Crippen molar-refractivity contribution in [3.05, 3.63) is 29.3 Å². The Morgan fingerprint density at radius 1 is 1.23 bits per heavy atom. The van der Waals surface area contributed by atoms with Crippen molar-refractivity contribution >= 4 is 24.0 Å². The number of hydrogen-bond acceptors (Lipinski definition) is 2. The largest absolute Gasteiger partial charge is 0.494 e. The first-order valence-corrected chi connectivity index (χ1v) is 4.29. The summed E-state index contributed by atoms with van der Waals surface area (Å²) >= 11 is 5.70. The molecule has 0 atom stereocenters. The SMILES string of the molecule is Cl.NCCCOc1ccc(Cl)cc1. The molecule has 0 spiro atoms. The van der Waals surface area contributed by atoms with E-state index in [0.29, 0.717) is 13.2 Å². The Bertz CT molecular complexity index is 226. The van der Waals surface area contributed by atoms with Crippen LogP contribution in [-0.2, 0) is 0 Å². The van der Waals surface area contributed by atoms with Gasteiger partial charge in [0.15, 0.2) is 0 Å². The summed E-state index contributed by atoms with van der Waals surface area (Å²) < 4.78 is 5.36. The third-order valence-corrected chi connectivity index (χ3v) is 1.68. The van der Waals surface area contributed by atoms with Crippen LogP contribution in [0.5, 0.6) is 5.75 Å². The van der Waals surface area contributed by atoms with Gasteiger partial charge >= 0.3 is 0 Å². The van der Waals surface area contributed by atoms with Crippen LogP contribution in [0.15, 0.2) is 24.3 Å². The summed E-state index contributed by atoms with van der Waals surface area (Å²) in [5, 5.41) is 0.723. The molecule has 13 heavy (non-hydrogen) atoms. The van der Waals surface area contributed by atoms with Gasteiger partial charge in [0.05, 0.1) is 6.61 Å². The monoisotopic (exact) mass is 221 g/mol. The number of benzene rings is 1. The molecule has 0 aliphatic rings. The molecule has 0 saturated carbocycles. The third-order valence-electron chi connectivity index (χ3n) is 1.43. The second-order valence-electron chi connectivity index (χ2n) is 2.44. The van der Waals surface area contributed by atoms with Gasteiger partial charge in [-0.3, -0.25) is 0 Å². The lowest BCUT2D eigenvalue weighted by Gasteiger charge is -2.03. The van der Waals surface area contributed by atoms with Gasteiger partial charge in [-0.1, -0.05) is 11.6 Å². The maximum atomic E-state index is 5.70. The van der Waals surface area contributed by atoms with Crippen LogP contribution < -0.4 is 10.5 Å². The Hall–Kier alpha value is -0.440. The van der Waals surface area contributed by atoms with Crippen LogP contribution in [-0.4, -0.2) is 13.2 Å². The van der Waals surface area contributed by atoms with Crippen molar-refractivity contribution in [2.45, 2.75) is 6.42 Å². The zero-order chi connectivity index (χ0) is 8.81. The Kier molecular flexibility index (Phi) is 6.77. The van der Waals surface area contributed by atoms with Gasteiger partial charge in [-0.05, 0) is 37.2 Å². The summed E-state index contributed by atoms with van der Waals surface area (Å²) in [5.41, 5.74) is 5.32. The molecule has 0 amide bonds. The second kappa shape index (κ2) is 7.01. The van der Waals surface area contributed by atoms with E-state index in [1.165, 1.54) is 0 Å². The molecular formula is C9H13Cl2NO. The molecule has 0 saturated heterocycles. The van der Waals surface area contributed by atoms with Crippen molar-refractivity contribution in [1.82, 2.24) is 0 Å². The van der Waals surface area contributed by atoms with E-state index in [9.17, 15) is 0 Å². The molecule has 0 aromatic heterocycles. The molecule has 74 valence electrons. The maximum Gasteiger partial charge on any atom is 0.119 e. The first kappa shape index (κ1) is 12.6. The Labute approximate surface area is 89.4 Å². The molecule has 2 N–H and O–H groups in total. The molecule has 1 aromatic carbocycles. The molecule has 0 radical (unpaired) electrons. The Morgan fingerprint density at radius 2 is 1.85 bits per heavy atom. The van der Waals surface area contributed by atoms with E-state index in [-0.39, 0.29) is 12.4 Å². The molecule has 0 bridgehead atoms. The Balaban J connectivity index is 0.00000144. The number of rotatable bonds is 4. The average Bonchev–Trinajstić information content (AvgIpc) is 2.09. The smallest absolute Gasteiger partial charge is 0.119 e. The van der Waals surface area contributed by atoms with Gasteiger partial charge in [-0.25, -0.2) is 0 Å². The van der Waals surface area contributed by atoms with E-state index in [1.54, 1.807) is 12.1 Å². The maximum absolute atomic E-state index is 5.70. The number of nitrogens with two attached hydrogens (primary N) is 1. The van der Waals surface area contributed by atoms with Crippen molar-refractivity contribution in [2.24, 2.45) is 5.73 Å². The van der Waals surface area contributed by atoms with Gasteiger partial charge in [-0.2, -0.15) is 0 Å². The molecule has 0 unspecified atom stereocenters. The number of ether oxygens (including phenoxy) is 1. The number of halogens is 2. The molecular weight excluding hydrogens is 209 g/mol. The summed E-state index contributed by atoms with van der Waals surface area (Å²) in [6.07, 6.45) is 0.878. The van der Waals surface area contributed by atoms with Crippen LogP contribution >= 0.6 is 24.0 Å². The highest BCUT2D eigenvalue weighted by atomic mass is 35.5. The standard InChI is InChI=1S/C9H12ClNO.ClH/c10-8-2-4-9(5-3-8)12-7-1-6-11;/h2-5H,1,6-7,11H2;1H. The average molecular weight is 222 g/mol. The topological polar surface area (TPSA) is 35.2 Å². The molecule has 0 aliphatic carbocycles. The van der Waals surface area contributed by atoms with Crippen molar-refractivity contribution in [3.63, 3.8) is 0 Å². The fourth-order valence-corrected chi connectivity index (χ4v) is 0.930. The minimum absolute atomic E-state index is 0. The first-order chi connectivity index (χ1) is 5.83. The lowest BCUT2D eigenvalue weighted by molar-refractivity contribution is 0.313. The van der Waals surface area contributed by atoms with Gasteiger partial charge in [0.1, 0.15) is 5.75 Å². The van der Waals surface area contributed by atoms with E-state index >= 15 is 0 Å². The highest BCUT2D eigenvalue weighted by Crippen LogP contribution is 2.15. The predicted molar refractivity (Wildman–Crippen MR) is 57.9 cm³/mol. The van der Waals surface area contributed by atoms with E-state index in [1.807, 2.05) is 12.1 Å². The zero-order valence-electron chi connectivity index (χ0n) is 7.20. The van der Waals surface area contributed by atoms with Crippen LogP contribution in [0.2, 0.25) is 5.02 Å². The summed E-state index contributed by atoms with van der Waals surface area (Å²) in [4.78, 5) is 0. The van der Waals surface area contributed by atoms with Crippen LogP contribution in [0.25, 0.3) is 0 Å². The quantitative estimate of drug-likeness (QED) is 0.794. The second-order valence-corrected chi connectivity index (χ2v) is 2.88. The van der Waals surface area contributed by atoms with E-state index < -0.39 is 0 Å². The van der Waals surface area contributed by atoms with Crippen LogP contribution in [0.3, 0.4) is 0 Å². The van der Waals surface area contributed by atoms with Gasteiger partial charge < -0.3 is 10.5 Å². The fraction of sp³-hybridized carbons (Fsp3) is 0.333. The lowest BCUT2D eigenvalue weighted by atomic mass is 10.3. The predicted octanol–water partition coefficient (Wildman–Crippen LogP) is 2.49. The molecule has 1 aromatic rings. The molecule has 0 aliphatic heterocycles. The highest BCUT2D eigenvalue weighted by Gasteiger charge is 1.91. The summed E-state index contributed by atoms with van der Waals surface area (Å²) in [5.74, 6) is 0.841. The van der Waals surface area contributed by atoms with Crippen molar-refractivity contribution in [2.75, 3.05) is 13.2 Å². The minimum atomic E-state index is 0. The first-order valence-electron chi connectivity index (χ1n) is 3.91. The lowest BCUT2D eigenvalue weighted by Crippen LogP contribution is -2.05. The summed E-state index contributed by atoms with van der Waals surface area (Å²) in [6.45, 7) is 1.33. The molecule has 0 heterocycles. The summed E-state index contributed by atoms with van der Waals surface area (Å²) in [7, 11) is 0. The van der Waals surface area contributed by atoms with Crippen molar-refractivity contribution in [3.8, 4) is 5.75 Å². The van der Waals surface area contributed by atoms with Crippen LogP contribution in [0.1, 0.15) is 6.42 Å². The molecule has 1 rings (SSSR count). The van der Waals surface area contributed by atoms with E-state index in [4.69, 9.17) is 22.1 Å². The molecule has 2 nitrogen and oxygen atoms in total. The normalized spacial score (nSPS) is 9.08. The third kappa shape index (κ3) is 4.98. The van der Waals surface area contributed by atoms with Crippen LogP contribution in [0.4, 0.5) is 0 Å². The molecule has 0 fully saturated rings. The minimum Gasteiger partial charge on any atom is -0.494 e. The van der Waals surface area contributed by atoms with Crippen LogP contribution in [0, 0.1) is 0 Å². The van der Waals surface area contributed by atoms with Gasteiger partial charge in [0.25, 0.3) is 0 Å². The van der Waals surface area contributed by atoms with Gasteiger partial charge in [0, 0.05) is 5.02 Å². The Morgan fingerprint density at radius 3 is 2.38 bits per heavy atom. The van der Waals surface area contributed by atoms with Crippen molar-refractivity contribution < 1.29 is 4.74 Å². The van der Waals surface area contributed by atoms with Gasteiger partial charge in [-0.15, -0.1) is 12.4 Å². The van der Waals surface area contributed by atoms with E-state index in [0.717, 1.165) is 17.2 Å². The fourth-order valence-electron chi connectivity index (χ4n) is 0.804. The van der Waals surface area contributed by atoms with E-state index in [2.05, 4.69) is 0 Å². The van der Waals surface area contributed by atoms with Gasteiger partial charge in [0.2, 0.25) is 0 Å². The molecule has 4 heteroatoms. The highest BCUT2D eigenvalue weighted by molar-refractivity contribution is 6.30. The number of hydrogen-bond donors (Lipinski definition) is 1. The summed E-state index contributed by atoms with van der Waals surface area (Å²) in [6, 6.07) is 7.30. The zero-order valence-corrected chi connectivity index (χ0v) is 8.77.